The minimum atomic E-state index is -1.06. The molecule has 0 unspecified atom stereocenters. The first-order valence-corrected chi connectivity index (χ1v) is 9.18. The Hall–Kier alpha value is -2.10. The molecular weight excluding hydrogens is 314 g/mol. The molecular formula is C21H21NOS. The quantitative estimate of drug-likeness (QED) is 0.677. The van der Waals surface area contributed by atoms with Gasteiger partial charge in [0.1, 0.15) is 0 Å². The highest BCUT2D eigenvalue weighted by atomic mass is 32.2. The van der Waals surface area contributed by atoms with Crippen LogP contribution >= 0.6 is 11.8 Å². The number of hydrogen-bond donors (Lipinski definition) is 1. The van der Waals surface area contributed by atoms with Crippen molar-refractivity contribution in [2.45, 2.75) is 23.3 Å². The van der Waals surface area contributed by atoms with Gasteiger partial charge in [-0.1, -0.05) is 48.5 Å². The van der Waals surface area contributed by atoms with E-state index >= 15 is 0 Å². The molecule has 0 aliphatic carbocycles. The molecule has 0 bridgehead atoms. The predicted octanol–water partition coefficient (Wildman–Crippen LogP) is 4.84. The molecule has 122 valence electrons. The SMILES string of the molecule is CSc1ccc([C@@](C)(O)[C@H](c2ccccc2)c2ccccn2)cc1. The van der Waals surface area contributed by atoms with Gasteiger partial charge in [0.2, 0.25) is 0 Å². The van der Waals surface area contributed by atoms with Crippen LogP contribution in [0.15, 0.2) is 83.9 Å². The number of benzene rings is 2. The van der Waals surface area contributed by atoms with Gasteiger partial charge in [-0.3, -0.25) is 4.98 Å². The zero-order valence-corrected chi connectivity index (χ0v) is 14.7. The van der Waals surface area contributed by atoms with Crippen molar-refractivity contribution in [2.75, 3.05) is 6.26 Å². The second-order valence-corrected chi connectivity index (χ2v) is 6.85. The fourth-order valence-corrected chi connectivity index (χ4v) is 3.48. The lowest BCUT2D eigenvalue weighted by atomic mass is 9.76. The Morgan fingerprint density at radius 2 is 1.58 bits per heavy atom. The second kappa shape index (κ2) is 7.20. The van der Waals surface area contributed by atoms with Gasteiger partial charge in [0.05, 0.1) is 17.2 Å². The fourth-order valence-electron chi connectivity index (χ4n) is 3.07. The maximum Gasteiger partial charge on any atom is 0.0992 e. The zero-order valence-electron chi connectivity index (χ0n) is 13.9. The molecule has 0 amide bonds. The largest absolute Gasteiger partial charge is 0.384 e. The maximum atomic E-state index is 11.5. The number of nitrogens with zero attached hydrogens (tertiary/aromatic N) is 1. The summed E-state index contributed by atoms with van der Waals surface area (Å²) in [4.78, 5) is 5.70. The molecule has 0 aliphatic heterocycles. The maximum absolute atomic E-state index is 11.5. The lowest BCUT2D eigenvalue weighted by Crippen LogP contribution is -2.31. The Bertz CT molecular complexity index is 730. The number of aromatic nitrogens is 1. The summed E-state index contributed by atoms with van der Waals surface area (Å²) in [6, 6.07) is 24.0. The average molecular weight is 335 g/mol. The number of thioether (sulfide) groups is 1. The highest BCUT2D eigenvalue weighted by Crippen LogP contribution is 2.41. The Morgan fingerprint density at radius 1 is 0.917 bits per heavy atom. The summed E-state index contributed by atoms with van der Waals surface area (Å²) in [5.74, 6) is -0.236. The van der Waals surface area contributed by atoms with Crippen LogP contribution in [0.5, 0.6) is 0 Å². The number of aliphatic hydroxyl groups is 1. The van der Waals surface area contributed by atoms with Crippen LogP contribution in [-0.4, -0.2) is 16.3 Å². The summed E-state index contributed by atoms with van der Waals surface area (Å²) in [6.07, 6.45) is 3.83. The van der Waals surface area contributed by atoms with Crippen LogP contribution < -0.4 is 0 Å². The van der Waals surface area contributed by atoms with Crippen molar-refractivity contribution < 1.29 is 5.11 Å². The second-order valence-electron chi connectivity index (χ2n) is 5.97. The molecule has 1 heterocycles. The molecule has 0 aliphatic rings. The molecule has 0 saturated carbocycles. The van der Waals surface area contributed by atoms with Crippen molar-refractivity contribution >= 4 is 11.8 Å². The highest BCUT2D eigenvalue weighted by molar-refractivity contribution is 7.98. The molecule has 1 N–H and O–H groups in total. The van der Waals surface area contributed by atoms with E-state index in [1.165, 1.54) is 4.90 Å². The summed E-state index contributed by atoms with van der Waals surface area (Å²) >= 11 is 1.70. The van der Waals surface area contributed by atoms with E-state index in [-0.39, 0.29) is 5.92 Å². The summed E-state index contributed by atoms with van der Waals surface area (Å²) < 4.78 is 0. The molecule has 2 aromatic carbocycles. The van der Waals surface area contributed by atoms with E-state index in [9.17, 15) is 5.11 Å². The molecule has 24 heavy (non-hydrogen) atoms. The van der Waals surface area contributed by atoms with Crippen LogP contribution in [-0.2, 0) is 5.60 Å². The van der Waals surface area contributed by atoms with E-state index in [0.29, 0.717) is 0 Å². The third kappa shape index (κ3) is 3.37. The first-order chi connectivity index (χ1) is 11.6. The van der Waals surface area contributed by atoms with Gasteiger partial charge >= 0.3 is 0 Å². The number of hydrogen-bond acceptors (Lipinski definition) is 3. The van der Waals surface area contributed by atoms with Gasteiger partial charge in [-0.05, 0) is 48.6 Å². The smallest absolute Gasteiger partial charge is 0.0992 e. The van der Waals surface area contributed by atoms with Crippen molar-refractivity contribution in [3.8, 4) is 0 Å². The van der Waals surface area contributed by atoms with Crippen LogP contribution in [0.4, 0.5) is 0 Å². The van der Waals surface area contributed by atoms with Crippen molar-refractivity contribution in [3.63, 3.8) is 0 Å². The van der Waals surface area contributed by atoms with Crippen LogP contribution in [0, 0.1) is 0 Å². The minimum Gasteiger partial charge on any atom is -0.384 e. The fraction of sp³-hybridized carbons (Fsp3) is 0.190. The van der Waals surface area contributed by atoms with Gasteiger partial charge in [0.15, 0.2) is 0 Å². The number of pyridine rings is 1. The Labute approximate surface area is 147 Å². The Morgan fingerprint density at radius 3 is 2.17 bits per heavy atom. The monoisotopic (exact) mass is 335 g/mol. The molecule has 0 fully saturated rings. The van der Waals surface area contributed by atoms with Gasteiger partial charge < -0.3 is 5.11 Å². The molecule has 0 radical (unpaired) electrons. The highest BCUT2D eigenvalue weighted by Gasteiger charge is 2.36. The van der Waals surface area contributed by atoms with Crippen LogP contribution in [0.25, 0.3) is 0 Å². The normalized spacial score (nSPS) is 14.8. The van der Waals surface area contributed by atoms with Gasteiger partial charge in [0, 0.05) is 11.1 Å². The Balaban J connectivity index is 2.09. The molecule has 3 rings (SSSR count). The summed E-state index contributed by atoms with van der Waals surface area (Å²) in [5, 5.41) is 11.5. The number of rotatable bonds is 5. The van der Waals surface area contributed by atoms with E-state index in [1.54, 1.807) is 18.0 Å². The van der Waals surface area contributed by atoms with Crippen molar-refractivity contribution in [2.24, 2.45) is 0 Å². The topological polar surface area (TPSA) is 33.1 Å². The molecule has 0 spiro atoms. The first-order valence-electron chi connectivity index (χ1n) is 7.95. The van der Waals surface area contributed by atoms with Gasteiger partial charge in [-0.15, -0.1) is 11.8 Å². The van der Waals surface area contributed by atoms with Gasteiger partial charge in [-0.25, -0.2) is 0 Å². The van der Waals surface area contributed by atoms with Crippen molar-refractivity contribution in [1.29, 1.82) is 0 Å². The Kier molecular flexibility index (Phi) is 5.03. The zero-order chi connectivity index (χ0) is 17.0. The molecule has 3 aromatic rings. The van der Waals surface area contributed by atoms with Gasteiger partial charge in [0.25, 0.3) is 0 Å². The first kappa shape index (κ1) is 16.7. The lowest BCUT2D eigenvalue weighted by Gasteiger charge is -2.33. The summed E-state index contributed by atoms with van der Waals surface area (Å²) in [7, 11) is 0. The standard InChI is InChI=1S/C21H21NOS/c1-21(23,17-11-13-18(24-2)14-12-17)20(16-8-4-3-5-9-16)19-10-6-7-15-22-19/h3-15,20,23H,1-2H3/t20-,21-/m1/s1. The van der Waals surface area contributed by atoms with E-state index in [2.05, 4.69) is 17.1 Å². The van der Waals surface area contributed by atoms with E-state index in [4.69, 9.17) is 0 Å². The van der Waals surface area contributed by atoms with Crippen LogP contribution in [0.2, 0.25) is 0 Å². The van der Waals surface area contributed by atoms with Crippen molar-refractivity contribution in [3.05, 3.63) is 95.8 Å². The molecule has 2 nitrogen and oxygen atoms in total. The third-order valence-electron chi connectivity index (χ3n) is 4.35. The van der Waals surface area contributed by atoms with E-state index in [1.807, 2.05) is 73.8 Å². The predicted molar refractivity (Wildman–Crippen MR) is 100 cm³/mol. The minimum absolute atomic E-state index is 0.236. The molecule has 1 aromatic heterocycles. The average Bonchev–Trinajstić information content (AvgIpc) is 2.63. The summed E-state index contributed by atoms with van der Waals surface area (Å²) in [6.45, 7) is 1.87. The van der Waals surface area contributed by atoms with E-state index < -0.39 is 5.60 Å². The van der Waals surface area contributed by atoms with Gasteiger partial charge in [-0.2, -0.15) is 0 Å². The molecule has 0 saturated heterocycles. The lowest BCUT2D eigenvalue weighted by molar-refractivity contribution is 0.0380. The molecule has 2 atom stereocenters. The third-order valence-corrected chi connectivity index (χ3v) is 5.10. The summed E-state index contributed by atoms with van der Waals surface area (Å²) in [5.41, 5.74) is 1.74. The van der Waals surface area contributed by atoms with E-state index in [0.717, 1.165) is 16.8 Å². The van der Waals surface area contributed by atoms with Crippen LogP contribution in [0.1, 0.15) is 29.7 Å². The van der Waals surface area contributed by atoms with Crippen molar-refractivity contribution in [1.82, 2.24) is 4.98 Å². The molecule has 3 heteroatoms. The van der Waals surface area contributed by atoms with Crippen LogP contribution in [0.3, 0.4) is 0 Å².